The summed E-state index contributed by atoms with van der Waals surface area (Å²) in [5.41, 5.74) is 4.67. The van der Waals surface area contributed by atoms with Crippen LogP contribution < -0.4 is 14.8 Å². The summed E-state index contributed by atoms with van der Waals surface area (Å²) in [5.74, 6) is 1.35. The monoisotopic (exact) mass is 455 g/mol. The number of nitrogens with zero attached hydrogens (tertiary/aromatic N) is 2. The average molecular weight is 456 g/mol. The Bertz CT molecular complexity index is 1490. The summed E-state index contributed by atoms with van der Waals surface area (Å²) in [4.78, 5) is 18.7. The van der Waals surface area contributed by atoms with Gasteiger partial charge in [0, 0.05) is 17.3 Å². The summed E-state index contributed by atoms with van der Waals surface area (Å²) in [6.07, 6.45) is 2.05. The van der Waals surface area contributed by atoms with Crippen LogP contribution in [0.5, 0.6) is 11.5 Å². The summed E-state index contributed by atoms with van der Waals surface area (Å²) < 4.78 is 14.4. The van der Waals surface area contributed by atoms with Crippen molar-refractivity contribution in [2.45, 2.75) is 13.0 Å². The fourth-order valence-electron chi connectivity index (χ4n) is 4.08. The first-order valence-corrected chi connectivity index (χ1v) is 11.6. The molecule has 164 valence electrons. The first-order chi connectivity index (χ1) is 16.2. The van der Waals surface area contributed by atoms with E-state index >= 15 is 0 Å². The largest absolute Gasteiger partial charge is 0.486 e. The van der Waals surface area contributed by atoms with E-state index in [1.54, 1.807) is 11.3 Å². The summed E-state index contributed by atoms with van der Waals surface area (Å²) in [7, 11) is 0. The molecule has 6 nitrogen and oxygen atoms in total. The zero-order valence-electron chi connectivity index (χ0n) is 17.9. The van der Waals surface area contributed by atoms with Gasteiger partial charge >= 0.3 is 0 Å². The Kier molecular flexibility index (Phi) is 4.77. The molecule has 1 unspecified atom stereocenters. The minimum Gasteiger partial charge on any atom is -0.486 e. The van der Waals surface area contributed by atoms with E-state index in [4.69, 9.17) is 14.5 Å². The SMILES string of the molecule is CC(NC(=O)c1ccc2c(c1)sc1nc(-c3ccccc3)cn12)c1ccc2c(c1)OCCO2. The summed E-state index contributed by atoms with van der Waals surface area (Å²) in [6, 6.07) is 21.5. The molecule has 0 bridgehead atoms. The molecular weight excluding hydrogens is 434 g/mol. The van der Waals surface area contributed by atoms with Crippen LogP contribution in [0, 0.1) is 0 Å². The highest BCUT2D eigenvalue weighted by atomic mass is 32.1. The van der Waals surface area contributed by atoms with Gasteiger partial charge in [0.15, 0.2) is 16.5 Å². The van der Waals surface area contributed by atoms with Crippen molar-refractivity contribution in [2.24, 2.45) is 0 Å². The highest BCUT2D eigenvalue weighted by Crippen LogP contribution is 2.33. The van der Waals surface area contributed by atoms with Gasteiger partial charge in [0.05, 0.1) is 22.0 Å². The van der Waals surface area contributed by atoms with Gasteiger partial charge in [-0.1, -0.05) is 47.7 Å². The second kappa shape index (κ2) is 7.94. The molecule has 1 atom stereocenters. The van der Waals surface area contributed by atoms with Gasteiger partial charge in [0.1, 0.15) is 13.2 Å². The fraction of sp³-hybridized carbons (Fsp3) is 0.154. The zero-order valence-corrected chi connectivity index (χ0v) is 18.8. The van der Waals surface area contributed by atoms with Crippen LogP contribution in [0.15, 0.2) is 72.9 Å². The molecule has 0 radical (unpaired) electrons. The molecule has 1 aliphatic heterocycles. The van der Waals surface area contributed by atoms with Crippen molar-refractivity contribution in [1.29, 1.82) is 0 Å². The van der Waals surface area contributed by atoms with Gasteiger partial charge in [-0.25, -0.2) is 4.98 Å². The maximum Gasteiger partial charge on any atom is 0.251 e. The lowest BCUT2D eigenvalue weighted by atomic mass is 10.1. The van der Waals surface area contributed by atoms with E-state index in [1.807, 2.05) is 67.7 Å². The van der Waals surface area contributed by atoms with Crippen LogP contribution in [-0.4, -0.2) is 28.5 Å². The predicted molar refractivity (Wildman–Crippen MR) is 129 cm³/mol. The molecule has 33 heavy (non-hydrogen) atoms. The van der Waals surface area contributed by atoms with Crippen molar-refractivity contribution < 1.29 is 14.3 Å². The standard InChI is InChI=1S/C26H21N3O3S/c1-16(18-8-10-22-23(13-18)32-12-11-31-22)27-25(30)19-7-9-21-24(14-19)33-26-28-20(15-29(21)26)17-5-3-2-4-6-17/h2-10,13-16H,11-12H2,1H3,(H,27,30). The van der Waals surface area contributed by atoms with Crippen molar-refractivity contribution in [3.05, 3.63) is 84.1 Å². The van der Waals surface area contributed by atoms with Gasteiger partial charge in [-0.15, -0.1) is 0 Å². The zero-order chi connectivity index (χ0) is 22.4. The topological polar surface area (TPSA) is 64.9 Å². The maximum atomic E-state index is 13.0. The lowest BCUT2D eigenvalue weighted by molar-refractivity contribution is 0.0940. The van der Waals surface area contributed by atoms with Crippen LogP contribution in [0.4, 0.5) is 0 Å². The molecule has 0 aliphatic carbocycles. The van der Waals surface area contributed by atoms with Gasteiger partial charge in [-0.3, -0.25) is 9.20 Å². The molecule has 0 saturated carbocycles. The number of carbonyl (C=O) groups excluding carboxylic acids is 1. The molecule has 7 heteroatoms. The van der Waals surface area contributed by atoms with Gasteiger partial charge < -0.3 is 14.8 Å². The van der Waals surface area contributed by atoms with Crippen LogP contribution in [-0.2, 0) is 0 Å². The van der Waals surface area contributed by atoms with Gasteiger partial charge in [0.2, 0.25) is 0 Å². The predicted octanol–water partition coefficient (Wildman–Crippen LogP) is 5.48. The van der Waals surface area contributed by atoms with Crippen molar-refractivity contribution in [3.63, 3.8) is 0 Å². The number of benzene rings is 3. The highest BCUT2D eigenvalue weighted by molar-refractivity contribution is 7.23. The molecule has 6 rings (SSSR count). The van der Waals surface area contributed by atoms with Crippen molar-refractivity contribution >= 4 is 32.4 Å². The molecule has 2 aromatic heterocycles. The Balaban J connectivity index is 1.24. The third-order valence-electron chi connectivity index (χ3n) is 5.84. The minimum absolute atomic E-state index is 0.115. The Morgan fingerprint density at radius 3 is 2.70 bits per heavy atom. The number of fused-ring (bicyclic) bond motifs is 4. The van der Waals surface area contributed by atoms with E-state index in [2.05, 4.69) is 21.9 Å². The van der Waals surface area contributed by atoms with E-state index in [1.165, 1.54) is 0 Å². The first-order valence-electron chi connectivity index (χ1n) is 10.8. The molecule has 3 aromatic carbocycles. The minimum atomic E-state index is -0.168. The lowest BCUT2D eigenvalue weighted by Gasteiger charge is -2.21. The fourth-order valence-corrected chi connectivity index (χ4v) is 5.13. The first kappa shape index (κ1) is 19.8. The summed E-state index contributed by atoms with van der Waals surface area (Å²) >= 11 is 1.58. The van der Waals surface area contributed by atoms with Gasteiger partial charge in [0.25, 0.3) is 5.91 Å². The smallest absolute Gasteiger partial charge is 0.251 e. The molecule has 0 saturated heterocycles. The molecule has 1 aliphatic rings. The molecule has 1 amide bonds. The van der Waals surface area contributed by atoms with Crippen molar-refractivity contribution in [2.75, 3.05) is 13.2 Å². The van der Waals surface area contributed by atoms with E-state index < -0.39 is 0 Å². The number of carbonyl (C=O) groups is 1. The quantitative estimate of drug-likeness (QED) is 0.390. The summed E-state index contributed by atoms with van der Waals surface area (Å²) in [6.45, 7) is 3.06. The third-order valence-corrected chi connectivity index (χ3v) is 6.86. The number of hydrogen-bond donors (Lipinski definition) is 1. The van der Waals surface area contributed by atoms with Gasteiger partial charge in [-0.05, 0) is 42.8 Å². The van der Waals surface area contributed by atoms with Crippen LogP contribution >= 0.6 is 11.3 Å². The number of hydrogen-bond acceptors (Lipinski definition) is 5. The Morgan fingerprint density at radius 1 is 1.03 bits per heavy atom. The second-order valence-corrected chi connectivity index (χ2v) is 9.04. The molecule has 0 spiro atoms. The number of ether oxygens (including phenoxy) is 2. The van der Waals surface area contributed by atoms with E-state index in [9.17, 15) is 4.79 Å². The van der Waals surface area contributed by atoms with E-state index in [0.717, 1.165) is 43.5 Å². The van der Waals surface area contributed by atoms with Crippen LogP contribution in [0.3, 0.4) is 0 Å². The molecule has 5 aromatic rings. The van der Waals surface area contributed by atoms with Crippen LogP contribution in [0.2, 0.25) is 0 Å². The van der Waals surface area contributed by atoms with Gasteiger partial charge in [-0.2, -0.15) is 0 Å². The molecule has 3 heterocycles. The van der Waals surface area contributed by atoms with E-state index in [-0.39, 0.29) is 11.9 Å². The number of nitrogens with one attached hydrogen (secondary N) is 1. The Morgan fingerprint density at radius 2 is 1.85 bits per heavy atom. The molecule has 1 N–H and O–H groups in total. The van der Waals surface area contributed by atoms with Crippen molar-refractivity contribution in [1.82, 2.24) is 14.7 Å². The number of rotatable bonds is 4. The number of amides is 1. The normalized spacial score (nSPS) is 13.8. The molecular formula is C26H21N3O3S. The average Bonchev–Trinajstić information content (AvgIpc) is 3.42. The highest BCUT2D eigenvalue weighted by Gasteiger charge is 2.18. The number of thiazole rings is 1. The van der Waals surface area contributed by atoms with Crippen LogP contribution in [0.1, 0.15) is 28.9 Å². The third kappa shape index (κ3) is 3.60. The van der Waals surface area contributed by atoms with Crippen LogP contribution in [0.25, 0.3) is 26.4 Å². The molecule has 0 fully saturated rings. The van der Waals surface area contributed by atoms with Crippen molar-refractivity contribution in [3.8, 4) is 22.8 Å². The number of aromatic nitrogens is 2. The summed E-state index contributed by atoms with van der Waals surface area (Å²) in [5, 5.41) is 3.09. The Labute approximate surface area is 194 Å². The number of imidazole rings is 1. The lowest BCUT2D eigenvalue weighted by Crippen LogP contribution is -2.26. The Hall–Kier alpha value is -3.84. The second-order valence-electron chi connectivity index (χ2n) is 8.03. The van der Waals surface area contributed by atoms with E-state index in [0.29, 0.717) is 18.8 Å². The maximum absolute atomic E-state index is 13.0.